The number of nitrogens with one attached hydrogen (secondary N) is 1. The van der Waals surface area contributed by atoms with Gasteiger partial charge < -0.3 is 10.2 Å². The van der Waals surface area contributed by atoms with Crippen molar-refractivity contribution in [2.24, 2.45) is 0 Å². The van der Waals surface area contributed by atoms with Gasteiger partial charge in [-0.05, 0) is 31.0 Å². The summed E-state index contributed by atoms with van der Waals surface area (Å²) in [6.45, 7) is 1.80. The molecule has 0 radical (unpaired) electrons. The summed E-state index contributed by atoms with van der Waals surface area (Å²) in [5.74, 6) is -0.107. The van der Waals surface area contributed by atoms with Crippen LogP contribution in [-0.2, 0) is 0 Å². The van der Waals surface area contributed by atoms with Gasteiger partial charge in [0.15, 0.2) is 5.13 Å². The fraction of sp³-hybridized carbons (Fsp3) is 0.312. The molecule has 2 heterocycles. The van der Waals surface area contributed by atoms with E-state index in [-0.39, 0.29) is 11.9 Å². The summed E-state index contributed by atoms with van der Waals surface area (Å²) >= 11 is 1.64. The average Bonchev–Trinajstić information content (AvgIpc) is 3.10. The predicted octanol–water partition coefficient (Wildman–Crippen LogP) is 2.41. The molecule has 1 saturated heterocycles. The molecule has 0 aliphatic carbocycles. The third-order valence-electron chi connectivity index (χ3n) is 3.77. The number of aromatic nitrogens is 1. The number of piperidine rings is 1. The van der Waals surface area contributed by atoms with Crippen LogP contribution in [0.1, 0.15) is 28.8 Å². The van der Waals surface area contributed by atoms with Crippen LogP contribution in [0.2, 0.25) is 0 Å². The van der Waals surface area contributed by atoms with Gasteiger partial charge in [0.05, 0.1) is 11.6 Å². The molecular formula is C16H16N4OS. The number of rotatable bonds is 3. The minimum Gasteiger partial charge on any atom is -0.349 e. The Balaban J connectivity index is 1.56. The van der Waals surface area contributed by atoms with Gasteiger partial charge in [0.25, 0.3) is 5.91 Å². The molecule has 1 N–H and O–H groups in total. The number of benzene rings is 1. The Labute approximate surface area is 133 Å². The van der Waals surface area contributed by atoms with Gasteiger partial charge in [0, 0.05) is 36.3 Å². The fourth-order valence-corrected chi connectivity index (χ4v) is 3.28. The Morgan fingerprint density at radius 2 is 2.23 bits per heavy atom. The number of carbonyl (C=O) groups is 1. The standard InChI is InChI=1S/C16H16N4OS/c17-11-12-2-1-3-13(10-12)15(21)19-14-4-7-20(8-5-14)16-18-6-9-22-16/h1-3,6,9-10,14H,4-5,7-8H2,(H,19,21). The van der Waals surface area contributed by atoms with Crippen LogP contribution in [-0.4, -0.2) is 30.0 Å². The Kier molecular flexibility index (Phi) is 4.35. The molecule has 6 heteroatoms. The highest BCUT2D eigenvalue weighted by Crippen LogP contribution is 2.22. The normalized spacial score (nSPS) is 15.3. The molecule has 1 aromatic heterocycles. The number of hydrogen-bond acceptors (Lipinski definition) is 5. The molecule has 3 rings (SSSR count). The van der Waals surface area contributed by atoms with Crippen LogP contribution in [0.3, 0.4) is 0 Å². The zero-order chi connectivity index (χ0) is 15.4. The number of anilines is 1. The van der Waals surface area contributed by atoms with Crippen LogP contribution in [0.15, 0.2) is 35.8 Å². The highest BCUT2D eigenvalue weighted by molar-refractivity contribution is 7.13. The molecule has 0 saturated carbocycles. The van der Waals surface area contributed by atoms with E-state index in [1.54, 1.807) is 35.6 Å². The first-order valence-electron chi connectivity index (χ1n) is 7.22. The molecule has 1 fully saturated rings. The van der Waals surface area contributed by atoms with Gasteiger partial charge in [-0.25, -0.2) is 4.98 Å². The molecule has 0 atom stereocenters. The third kappa shape index (κ3) is 3.26. The predicted molar refractivity (Wildman–Crippen MR) is 86.0 cm³/mol. The molecule has 2 aromatic rings. The molecule has 0 spiro atoms. The average molecular weight is 312 g/mol. The van der Waals surface area contributed by atoms with E-state index in [0.29, 0.717) is 11.1 Å². The van der Waals surface area contributed by atoms with Crippen molar-refractivity contribution in [3.05, 3.63) is 47.0 Å². The summed E-state index contributed by atoms with van der Waals surface area (Å²) in [6, 6.07) is 9.02. The quantitative estimate of drug-likeness (QED) is 0.945. The topological polar surface area (TPSA) is 69.0 Å². The number of hydrogen-bond donors (Lipinski definition) is 1. The van der Waals surface area contributed by atoms with E-state index in [4.69, 9.17) is 5.26 Å². The highest BCUT2D eigenvalue weighted by atomic mass is 32.1. The zero-order valence-corrected chi connectivity index (χ0v) is 12.8. The molecule has 1 aromatic carbocycles. The molecular weight excluding hydrogens is 296 g/mol. The van der Waals surface area contributed by atoms with E-state index >= 15 is 0 Å². The van der Waals surface area contributed by atoms with Crippen molar-refractivity contribution in [2.75, 3.05) is 18.0 Å². The van der Waals surface area contributed by atoms with Gasteiger partial charge in [-0.2, -0.15) is 5.26 Å². The molecule has 0 bridgehead atoms. The smallest absolute Gasteiger partial charge is 0.251 e. The Morgan fingerprint density at radius 1 is 1.41 bits per heavy atom. The van der Waals surface area contributed by atoms with E-state index in [9.17, 15) is 4.79 Å². The maximum Gasteiger partial charge on any atom is 0.251 e. The highest BCUT2D eigenvalue weighted by Gasteiger charge is 2.22. The SMILES string of the molecule is N#Cc1cccc(C(=O)NC2CCN(c3nccs3)CC2)c1. The number of nitrogens with zero attached hydrogens (tertiary/aromatic N) is 3. The lowest BCUT2D eigenvalue weighted by Crippen LogP contribution is -2.44. The van der Waals surface area contributed by atoms with E-state index in [0.717, 1.165) is 31.1 Å². The van der Waals surface area contributed by atoms with Crippen molar-refractivity contribution in [1.29, 1.82) is 5.26 Å². The first-order chi connectivity index (χ1) is 10.8. The molecule has 5 nitrogen and oxygen atoms in total. The second-order valence-corrected chi connectivity index (χ2v) is 6.12. The first-order valence-corrected chi connectivity index (χ1v) is 8.09. The van der Waals surface area contributed by atoms with Gasteiger partial charge in [-0.1, -0.05) is 6.07 Å². The van der Waals surface area contributed by atoms with Gasteiger partial charge in [-0.3, -0.25) is 4.79 Å². The van der Waals surface area contributed by atoms with Gasteiger partial charge in [-0.15, -0.1) is 11.3 Å². The van der Waals surface area contributed by atoms with Crippen molar-refractivity contribution < 1.29 is 4.79 Å². The minimum atomic E-state index is -0.107. The monoisotopic (exact) mass is 312 g/mol. The summed E-state index contributed by atoms with van der Waals surface area (Å²) in [5.41, 5.74) is 1.05. The second kappa shape index (κ2) is 6.58. The maximum atomic E-state index is 12.2. The van der Waals surface area contributed by atoms with E-state index in [1.165, 1.54) is 0 Å². The molecule has 0 unspecified atom stereocenters. The maximum absolute atomic E-state index is 12.2. The Bertz CT molecular complexity index is 684. The van der Waals surface area contributed by atoms with Crippen LogP contribution in [0, 0.1) is 11.3 Å². The number of nitriles is 1. The number of carbonyl (C=O) groups excluding carboxylic acids is 1. The molecule has 22 heavy (non-hydrogen) atoms. The summed E-state index contributed by atoms with van der Waals surface area (Å²) in [5, 5.41) is 15.0. The first kappa shape index (κ1) is 14.5. The number of amides is 1. The largest absolute Gasteiger partial charge is 0.349 e. The summed E-state index contributed by atoms with van der Waals surface area (Å²) in [7, 11) is 0. The lowest BCUT2D eigenvalue weighted by atomic mass is 10.0. The Hall–Kier alpha value is -2.39. The van der Waals surface area contributed by atoms with E-state index < -0.39 is 0 Å². The molecule has 1 aliphatic rings. The second-order valence-electron chi connectivity index (χ2n) is 5.24. The van der Waals surface area contributed by atoms with Crippen molar-refractivity contribution in [2.45, 2.75) is 18.9 Å². The molecule has 112 valence electrons. The minimum absolute atomic E-state index is 0.107. The lowest BCUT2D eigenvalue weighted by Gasteiger charge is -2.32. The van der Waals surface area contributed by atoms with Crippen molar-refractivity contribution in [1.82, 2.24) is 10.3 Å². The van der Waals surface area contributed by atoms with Gasteiger partial charge in [0.2, 0.25) is 0 Å². The van der Waals surface area contributed by atoms with Crippen LogP contribution in [0.25, 0.3) is 0 Å². The number of thiazole rings is 1. The fourth-order valence-electron chi connectivity index (χ4n) is 2.59. The van der Waals surface area contributed by atoms with Crippen LogP contribution in [0.4, 0.5) is 5.13 Å². The molecule has 1 amide bonds. The van der Waals surface area contributed by atoms with Crippen LogP contribution >= 0.6 is 11.3 Å². The lowest BCUT2D eigenvalue weighted by molar-refractivity contribution is 0.0931. The van der Waals surface area contributed by atoms with Crippen molar-refractivity contribution in [3.63, 3.8) is 0 Å². The summed E-state index contributed by atoms with van der Waals surface area (Å²) in [6.07, 6.45) is 3.63. The summed E-state index contributed by atoms with van der Waals surface area (Å²) in [4.78, 5) is 18.8. The summed E-state index contributed by atoms with van der Waals surface area (Å²) < 4.78 is 0. The van der Waals surface area contributed by atoms with Crippen LogP contribution < -0.4 is 10.2 Å². The molecule has 1 aliphatic heterocycles. The van der Waals surface area contributed by atoms with E-state index in [1.807, 2.05) is 11.6 Å². The van der Waals surface area contributed by atoms with Crippen molar-refractivity contribution >= 4 is 22.4 Å². The Morgan fingerprint density at radius 3 is 2.91 bits per heavy atom. The zero-order valence-electron chi connectivity index (χ0n) is 12.0. The van der Waals surface area contributed by atoms with Gasteiger partial charge in [0.1, 0.15) is 0 Å². The van der Waals surface area contributed by atoms with Crippen LogP contribution in [0.5, 0.6) is 0 Å². The third-order valence-corrected chi connectivity index (χ3v) is 4.61. The van der Waals surface area contributed by atoms with E-state index in [2.05, 4.69) is 21.3 Å². The van der Waals surface area contributed by atoms with Gasteiger partial charge >= 0.3 is 0 Å². The van der Waals surface area contributed by atoms with Crippen molar-refractivity contribution in [3.8, 4) is 6.07 Å².